The molecular formula is C10H16N2O2S. The van der Waals surface area contributed by atoms with Crippen LogP contribution in [0.4, 0.5) is 0 Å². The summed E-state index contributed by atoms with van der Waals surface area (Å²) in [6.07, 6.45) is 0.0180. The Kier molecular flexibility index (Phi) is 4.23. The highest BCUT2D eigenvalue weighted by molar-refractivity contribution is 7.78. The van der Waals surface area contributed by atoms with Crippen molar-refractivity contribution in [2.24, 2.45) is 0 Å². The summed E-state index contributed by atoms with van der Waals surface area (Å²) in [4.78, 5) is 0. The van der Waals surface area contributed by atoms with Crippen LogP contribution in [0.5, 0.6) is 0 Å². The van der Waals surface area contributed by atoms with Gasteiger partial charge >= 0.3 is 0 Å². The zero-order valence-electron chi connectivity index (χ0n) is 9.15. The average Bonchev–Trinajstić information content (AvgIpc) is 2.46. The van der Waals surface area contributed by atoms with Crippen LogP contribution in [0.25, 0.3) is 0 Å². The number of aromatic nitrogens is 1. The van der Waals surface area contributed by atoms with Crippen LogP contribution in [0.3, 0.4) is 0 Å². The SMILES string of the molecule is Cc1noc(C)c1C(O)C[C@H](C)NC=S. The van der Waals surface area contributed by atoms with E-state index >= 15 is 0 Å². The maximum atomic E-state index is 9.98. The molecule has 1 aromatic heterocycles. The number of nitrogens with one attached hydrogen (secondary N) is 1. The lowest BCUT2D eigenvalue weighted by Crippen LogP contribution is -2.25. The summed E-state index contributed by atoms with van der Waals surface area (Å²) in [5.41, 5.74) is 2.99. The van der Waals surface area contributed by atoms with E-state index in [1.807, 2.05) is 13.8 Å². The van der Waals surface area contributed by atoms with E-state index in [1.165, 1.54) is 5.49 Å². The number of hydrogen-bond acceptors (Lipinski definition) is 4. The van der Waals surface area contributed by atoms with E-state index in [0.29, 0.717) is 12.2 Å². The molecule has 0 saturated carbocycles. The highest BCUT2D eigenvalue weighted by atomic mass is 32.1. The monoisotopic (exact) mass is 228 g/mol. The molecule has 84 valence electrons. The fraction of sp³-hybridized carbons (Fsp3) is 0.600. The van der Waals surface area contributed by atoms with E-state index in [4.69, 9.17) is 4.52 Å². The van der Waals surface area contributed by atoms with Crippen molar-refractivity contribution in [1.82, 2.24) is 10.5 Å². The van der Waals surface area contributed by atoms with Gasteiger partial charge in [0.1, 0.15) is 5.76 Å². The van der Waals surface area contributed by atoms with Crippen molar-refractivity contribution in [3.8, 4) is 0 Å². The molecule has 0 aliphatic rings. The maximum absolute atomic E-state index is 9.98. The summed E-state index contributed by atoms with van der Waals surface area (Å²) in [5, 5.41) is 16.7. The normalized spacial score (nSPS) is 14.7. The first-order chi connectivity index (χ1) is 7.06. The van der Waals surface area contributed by atoms with Gasteiger partial charge in [0.15, 0.2) is 0 Å². The predicted octanol–water partition coefficient (Wildman–Crippen LogP) is 1.65. The van der Waals surface area contributed by atoms with Crippen LogP contribution in [0.2, 0.25) is 0 Å². The second-order valence-corrected chi connectivity index (χ2v) is 3.91. The van der Waals surface area contributed by atoms with E-state index < -0.39 is 6.10 Å². The van der Waals surface area contributed by atoms with Crippen LogP contribution in [-0.4, -0.2) is 21.8 Å². The van der Waals surface area contributed by atoms with Crippen molar-refractivity contribution in [1.29, 1.82) is 0 Å². The van der Waals surface area contributed by atoms with Crippen molar-refractivity contribution in [2.45, 2.75) is 39.3 Å². The van der Waals surface area contributed by atoms with E-state index in [2.05, 4.69) is 22.7 Å². The average molecular weight is 228 g/mol. The molecule has 5 heteroatoms. The van der Waals surface area contributed by atoms with Crippen molar-refractivity contribution >= 4 is 17.7 Å². The molecule has 0 amide bonds. The molecule has 15 heavy (non-hydrogen) atoms. The summed E-state index contributed by atoms with van der Waals surface area (Å²) < 4.78 is 5.00. The second-order valence-electron chi connectivity index (χ2n) is 3.67. The predicted molar refractivity (Wildman–Crippen MR) is 61.8 cm³/mol. The zero-order valence-corrected chi connectivity index (χ0v) is 9.97. The molecule has 1 unspecified atom stereocenters. The summed E-state index contributed by atoms with van der Waals surface area (Å²) in [6.45, 7) is 5.59. The molecule has 1 rings (SSSR count). The molecule has 0 aliphatic carbocycles. The van der Waals surface area contributed by atoms with E-state index in [1.54, 1.807) is 6.92 Å². The molecule has 0 radical (unpaired) electrons. The van der Waals surface area contributed by atoms with Gasteiger partial charge in [-0.2, -0.15) is 0 Å². The molecule has 2 N–H and O–H groups in total. The number of nitrogens with zero attached hydrogens (tertiary/aromatic N) is 1. The minimum atomic E-state index is -0.561. The second kappa shape index (κ2) is 5.23. The summed E-state index contributed by atoms with van der Waals surface area (Å²) in [7, 11) is 0. The number of rotatable bonds is 5. The van der Waals surface area contributed by atoms with Crippen molar-refractivity contribution in [2.75, 3.05) is 0 Å². The van der Waals surface area contributed by atoms with Gasteiger partial charge in [-0.25, -0.2) is 0 Å². The van der Waals surface area contributed by atoms with Crippen LogP contribution in [0.15, 0.2) is 4.52 Å². The summed E-state index contributed by atoms with van der Waals surface area (Å²) >= 11 is 4.68. The molecule has 2 atom stereocenters. The highest BCUT2D eigenvalue weighted by Gasteiger charge is 2.19. The molecule has 0 fully saturated rings. The number of aliphatic hydroxyl groups excluding tert-OH is 1. The van der Waals surface area contributed by atoms with E-state index in [0.717, 1.165) is 11.3 Å². The molecule has 0 bridgehead atoms. The Morgan fingerprint density at radius 3 is 2.73 bits per heavy atom. The standard InChI is InChI=1S/C10H16N2O2S/c1-6(11-5-15)4-9(13)10-7(2)12-14-8(10)3/h5-6,9,13H,4H2,1-3H3,(H,11,15)/t6-,9?/m0/s1. The Morgan fingerprint density at radius 2 is 2.27 bits per heavy atom. The highest BCUT2D eigenvalue weighted by Crippen LogP contribution is 2.24. The number of aliphatic hydroxyl groups is 1. The smallest absolute Gasteiger partial charge is 0.139 e. The zero-order chi connectivity index (χ0) is 11.4. The number of hydrogen-bond donors (Lipinski definition) is 2. The minimum absolute atomic E-state index is 0.131. The van der Waals surface area contributed by atoms with Crippen molar-refractivity contribution in [3.05, 3.63) is 17.0 Å². The van der Waals surface area contributed by atoms with Gasteiger partial charge in [0, 0.05) is 11.6 Å². The lowest BCUT2D eigenvalue weighted by Gasteiger charge is -2.15. The molecule has 0 spiro atoms. The molecule has 0 aliphatic heterocycles. The van der Waals surface area contributed by atoms with E-state index in [9.17, 15) is 5.11 Å². The van der Waals surface area contributed by atoms with Gasteiger partial charge in [-0.1, -0.05) is 17.4 Å². The summed E-state index contributed by atoms with van der Waals surface area (Å²) in [6, 6.07) is 0.131. The molecule has 4 nitrogen and oxygen atoms in total. The lowest BCUT2D eigenvalue weighted by atomic mass is 10.0. The van der Waals surface area contributed by atoms with Gasteiger partial charge in [-0.3, -0.25) is 0 Å². The third-order valence-electron chi connectivity index (χ3n) is 2.35. The Labute approximate surface area is 94.7 Å². The minimum Gasteiger partial charge on any atom is -0.388 e. The van der Waals surface area contributed by atoms with Crippen LogP contribution in [-0.2, 0) is 0 Å². The van der Waals surface area contributed by atoms with Crippen LogP contribution in [0.1, 0.15) is 36.5 Å². The Hall–Kier alpha value is -0.940. The first-order valence-electron chi connectivity index (χ1n) is 4.86. The first kappa shape index (κ1) is 12.1. The third kappa shape index (κ3) is 3.00. The fourth-order valence-electron chi connectivity index (χ4n) is 1.60. The Balaban J connectivity index is 2.68. The quantitative estimate of drug-likeness (QED) is 0.750. The fourth-order valence-corrected chi connectivity index (χ4v) is 1.84. The molecule has 0 aromatic carbocycles. The van der Waals surface area contributed by atoms with E-state index in [-0.39, 0.29) is 6.04 Å². The maximum Gasteiger partial charge on any atom is 0.139 e. The summed E-state index contributed by atoms with van der Waals surface area (Å²) in [5.74, 6) is 0.676. The first-order valence-corrected chi connectivity index (χ1v) is 5.34. The van der Waals surface area contributed by atoms with Crippen LogP contribution < -0.4 is 5.32 Å². The van der Waals surface area contributed by atoms with Gasteiger partial charge in [0.25, 0.3) is 0 Å². The lowest BCUT2D eigenvalue weighted by molar-refractivity contribution is 0.155. The van der Waals surface area contributed by atoms with Crippen molar-refractivity contribution < 1.29 is 9.63 Å². The van der Waals surface area contributed by atoms with Crippen LogP contribution in [0, 0.1) is 13.8 Å². The molecule has 1 aromatic rings. The number of aryl methyl sites for hydroxylation is 2. The largest absolute Gasteiger partial charge is 0.388 e. The van der Waals surface area contributed by atoms with Gasteiger partial charge in [0.05, 0.1) is 17.3 Å². The van der Waals surface area contributed by atoms with Gasteiger partial charge in [0.2, 0.25) is 0 Å². The molecule has 1 heterocycles. The Bertz CT molecular complexity index is 319. The molecular weight excluding hydrogens is 212 g/mol. The van der Waals surface area contributed by atoms with Gasteiger partial charge in [-0.15, -0.1) is 0 Å². The third-order valence-corrected chi connectivity index (χ3v) is 2.49. The number of thiocarbonyl (C=S) groups is 1. The van der Waals surface area contributed by atoms with Crippen molar-refractivity contribution in [3.63, 3.8) is 0 Å². The Morgan fingerprint density at radius 1 is 1.60 bits per heavy atom. The van der Waals surface area contributed by atoms with Gasteiger partial charge in [-0.05, 0) is 27.2 Å². The van der Waals surface area contributed by atoms with Gasteiger partial charge < -0.3 is 14.9 Å². The van der Waals surface area contributed by atoms with Crippen LogP contribution >= 0.6 is 12.2 Å². The molecule has 0 saturated heterocycles. The topological polar surface area (TPSA) is 58.3 Å².